The number of rotatable bonds is 3. The fourth-order valence-corrected chi connectivity index (χ4v) is 2.08. The van der Waals surface area contributed by atoms with Crippen molar-refractivity contribution in [1.82, 2.24) is 4.90 Å². The summed E-state index contributed by atoms with van der Waals surface area (Å²) in [4.78, 5) is 24.2. The van der Waals surface area contributed by atoms with Gasteiger partial charge in [0.05, 0.1) is 6.04 Å². The van der Waals surface area contributed by atoms with Crippen LogP contribution in [0.15, 0.2) is 0 Å². The van der Waals surface area contributed by atoms with Crippen LogP contribution in [0, 0.1) is 25.2 Å². The van der Waals surface area contributed by atoms with Crippen molar-refractivity contribution in [3.8, 4) is 0 Å². The summed E-state index contributed by atoms with van der Waals surface area (Å²) >= 11 is 0. The van der Waals surface area contributed by atoms with Crippen LogP contribution in [0.25, 0.3) is 0 Å². The van der Waals surface area contributed by atoms with Crippen molar-refractivity contribution in [1.29, 1.82) is 0 Å². The quantitative estimate of drug-likeness (QED) is 0.748. The van der Waals surface area contributed by atoms with E-state index < -0.39 is 0 Å². The molecular weight excluding hydrogens is 291 g/mol. The maximum Gasteiger partial charge on any atom is 0.155 e. The van der Waals surface area contributed by atoms with Crippen LogP contribution in [0.3, 0.4) is 0 Å². The van der Waals surface area contributed by atoms with Gasteiger partial charge < -0.3 is 17.1 Å². The topological polar surface area (TPSA) is 37.4 Å². The van der Waals surface area contributed by atoms with Crippen LogP contribution in [-0.4, -0.2) is 29.7 Å². The van der Waals surface area contributed by atoms with E-state index in [0.717, 1.165) is 6.42 Å². The first-order valence-electron chi connectivity index (χ1n) is 5.65. The molecule has 1 radical (unpaired) electrons. The van der Waals surface area contributed by atoms with Gasteiger partial charge in [-0.1, -0.05) is 27.7 Å². The first-order chi connectivity index (χ1) is 6.97. The van der Waals surface area contributed by atoms with E-state index in [1.165, 1.54) is 0 Å². The van der Waals surface area contributed by atoms with Gasteiger partial charge in [-0.15, -0.1) is 0 Å². The molecule has 3 atom stereocenters. The van der Waals surface area contributed by atoms with Crippen LogP contribution in [0.1, 0.15) is 34.1 Å². The van der Waals surface area contributed by atoms with Gasteiger partial charge in [0.25, 0.3) is 0 Å². The molecule has 3 unspecified atom stereocenters. The summed E-state index contributed by atoms with van der Waals surface area (Å²) < 4.78 is 0. The molecule has 0 aromatic heterocycles. The van der Waals surface area contributed by atoms with E-state index in [1.54, 1.807) is 4.90 Å². The molecule has 1 rings (SSSR count). The number of Topliss-reactive ketones (excluding diaryl/α,β-unsaturated/α-hetero) is 1. The third-order valence-electron chi connectivity index (χ3n) is 3.44. The van der Waals surface area contributed by atoms with E-state index in [2.05, 4.69) is 13.8 Å². The van der Waals surface area contributed by atoms with Crippen molar-refractivity contribution in [3.05, 3.63) is 7.43 Å². The minimum Gasteiger partial charge on any atom is -0.520 e. The smallest absolute Gasteiger partial charge is 0.155 e. The summed E-state index contributed by atoms with van der Waals surface area (Å²) in [6.07, 6.45) is 2.69. The second kappa shape index (κ2) is 8.36. The first-order valence-corrected chi connectivity index (χ1v) is 5.65. The number of piperidine rings is 1. The number of amides is 1. The Morgan fingerprint density at radius 1 is 1.29 bits per heavy atom. The second-order valence-electron chi connectivity index (χ2n) is 5.01. The summed E-state index contributed by atoms with van der Waals surface area (Å²) in [5, 5.41) is 0. The Labute approximate surface area is 131 Å². The molecule has 1 saturated heterocycles. The Hall–Kier alpha value is 0.244. The number of likely N-dealkylation sites (tertiary alicyclic amines) is 1. The number of ketones is 1. The van der Waals surface area contributed by atoms with Gasteiger partial charge in [0.1, 0.15) is 0 Å². The molecule has 3 nitrogen and oxygen atoms in total. The SMILES string of the molecule is CC(C)C(=O)C1CC(C)C(C)CN1[C-]=O.[CH3-].[Y]. The fourth-order valence-electron chi connectivity index (χ4n) is 2.08. The van der Waals surface area contributed by atoms with Crippen LogP contribution < -0.4 is 0 Å². The number of carbonyl (C=O) groups is 1. The molecule has 1 aliphatic rings. The van der Waals surface area contributed by atoms with Gasteiger partial charge in [0.15, 0.2) is 5.78 Å². The molecule has 0 bridgehead atoms. The zero-order chi connectivity index (χ0) is 11.6. The summed E-state index contributed by atoms with van der Waals surface area (Å²) in [6.45, 7) is 8.69. The molecule has 1 heterocycles. The monoisotopic (exact) mass is 314 g/mol. The Kier molecular flexibility index (Phi) is 9.63. The van der Waals surface area contributed by atoms with Crippen LogP contribution in [0.5, 0.6) is 0 Å². The maximum absolute atomic E-state index is 11.9. The molecular formula is C13H23NO2Y-2. The standard InChI is InChI=1S/C12H20NO2.CH3.Y/c1-8(2)12(15)11-5-9(3)10(4)6-13(11)7-14;;/h8-11H,5-6H2,1-4H3;1H3;/q2*-1;. The fraction of sp³-hybridized carbons (Fsp3) is 0.769. The molecule has 1 amide bonds. The summed E-state index contributed by atoms with van der Waals surface area (Å²) in [5.74, 6) is 1.12. The Morgan fingerprint density at radius 3 is 2.24 bits per heavy atom. The molecule has 17 heavy (non-hydrogen) atoms. The number of carbonyl (C=O) groups excluding carboxylic acids is 2. The van der Waals surface area contributed by atoms with E-state index in [4.69, 9.17) is 0 Å². The average molecular weight is 314 g/mol. The third kappa shape index (κ3) is 4.79. The first kappa shape index (κ1) is 19.6. The molecule has 0 aromatic carbocycles. The minimum atomic E-state index is -0.242. The molecule has 1 fully saturated rings. The van der Waals surface area contributed by atoms with Crippen LogP contribution in [0.2, 0.25) is 0 Å². The second-order valence-corrected chi connectivity index (χ2v) is 5.01. The summed E-state index contributed by atoms with van der Waals surface area (Å²) in [6, 6.07) is -0.242. The Bertz CT molecular complexity index is 256. The van der Waals surface area contributed by atoms with Gasteiger partial charge in [-0.2, -0.15) is 6.41 Å². The van der Waals surface area contributed by atoms with Crippen molar-refractivity contribution < 1.29 is 42.3 Å². The van der Waals surface area contributed by atoms with E-state index in [1.807, 2.05) is 20.3 Å². The number of nitrogens with zero attached hydrogens (tertiary/aromatic N) is 1. The molecule has 1 aliphatic heterocycles. The predicted molar refractivity (Wildman–Crippen MR) is 65.4 cm³/mol. The van der Waals surface area contributed by atoms with Gasteiger partial charge in [-0.25, -0.2) is 0 Å². The molecule has 0 aromatic rings. The Balaban J connectivity index is 0. The average Bonchev–Trinajstić information content (AvgIpc) is 2.20. The van der Waals surface area contributed by atoms with E-state index in [-0.39, 0.29) is 57.9 Å². The van der Waals surface area contributed by atoms with Crippen molar-refractivity contribution in [2.75, 3.05) is 6.54 Å². The van der Waals surface area contributed by atoms with Crippen molar-refractivity contribution >= 4 is 12.2 Å². The zero-order valence-corrected chi connectivity index (χ0v) is 14.4. The van der Waals surface area contributed by atoms with E-state index in [9.17, 15) is 9.59 Å². The van der Waals surface area contributed by atoms with Crippen molar-refractivity contribution in [2.45, 2.75) is 40.2 Å². The van der Waals surface area contributed by atoms with Crippen LogP contribution in [0.4, 0.5) is 0 Å². The molecule has 0 aliphatic carbocycles. The van der Waals surface area contributed by atoms with E-state index in [0.29, 0.717) is 18.4 Å². The molecule has 97 valence electrons. The largest absolute Gasteiger partial charge is 0.520 e. The van der Waals surface area contributed by atoms with Gasteiger partial charge >= 0.3 is 0 Å². The maximum atomic E-state index is 11.9. The molecule has 0 saturated carbocycles. The van der Waals surface area contributed by atoms with Crippen molar-refractivity contribution in [3.63, 3.8) is 0 Å². The zero-order valence-electron chi connectivity index (χ0n) is 11.6. The van der Waals surface area contributed by atoms with Gasteiger partial charge in [-0.05, 0) is 24.8 Å². The van der Waals surface area contributed by atoms with Gasteiger partial charge in [0, 0.05) is 38.6 Å². The van der Waals surface area contributed by atoms with E-state index >= 15 is 0 Å². The Morgan fingerprint density at radius 2 is 1.82 bits per heavy atom. The normalized spacial score (nSPS) is 28.1. The van der Waals surface area contributed by atoms with Gasteiger partial charge in [-0.3, -0.25) is 4.79 Å². The van der Waals surface area contributed by atoms with Crippen LogP contribution >= 0.6 is 0 Å². The summed E-state index contributed by atoms with van der Waals surface area (Å²) in [5.41, 5.74) is 0. The number of hydrogen-bond acceptors (Lipinski definition) is 2. The summed E-state index contributed by atoms with van der Waals surface area (Å²) in [7, 11) is 0. The minimum absolute atomic E-state index is 0. The predicted octanol–water partition coefficient (Wildman–Crippen LogP) is 2.07. The van der Waals surface area contributed by atoms with Crippen molar-refractivity contribution in [2.24, 2.45) is 17.8 Å². The number of hydrogen-bond donors (Lipinski definition) is 0. The van der Waals surface area contributed by atoms with Crippen LogP contribution in [-0.2, 0) is 42.3 Å². The molecule has 0 N–H and O–H groups in total. The molecule has 0 spiro atoms. The third-order valence-corrected chi connectivity index (χ3v) is 3.44. The van der Waals surface area contributed by atoms with Gasteiger partial charge in [0.2, 0.25) is 0 Å². The molecule has 4 heteroatoms.